The van der Waals surface area contributed by atoms with E-state index in [0.717, 1.165) is 42.5 Å². The fourth-order valence-electron chi connectivity index (χ4n) is 3.45. The third-order valence-corrected chi connectivity index (χ3v) is 6.75. The number of aryl methyl sites for hydroxylation is 2. The predicted octanol–water partition coefficient (Wildman–Crippen LogP) is 3.35. The standard InChI is InChI=1S/C20H17NO2Se/c1-13-12-18-20(23-13)21(15-8-2-3-10-17(15)24-18)16-9-4-6-14-7-5-11-22-19(14)16/h2-4,6,8-10,12H,5,7,11H2,1H3. The fraction of sp³-hybridized carbons (Fsp3) is 0.200. The molecular weight excluding hydrogens is 365 g/mol. The van der Waals surface area contributed by atoms with Gasteiger partial charge in [0.15, 0.2) is 0 Å². The first kappa shape index (κ1) is 14.2. The van der Waals surface area contributed by atoms with Crippen LogP contribution in [0.25, 0.3) is 0 Å². The van der Waals surface area contributed by atoms with Crippen LogP contribution in [0.15, 0.2) is 52.9 Å². The Morgan fingerprint density at radius 3 is 2.83 bits per heavy atom. The van der Waals surface area contributed by atoms with Gasteiger partial charge >= 0.3 is 147 Å². The Balaban J connectivity index is 1.77. The molecule has 0 aliphatic carbocycles. The third-order valence-electron chi connectivity index (χ3n) is 4.49. The van der Waals surface area contributed by atoms with Crippen LogP contribution in [0, 0.1) is 6.92 Å². The number of nitrogens with zero attached hydrogens (tertiary/aromatic N) is 1. The van der Waals surface area contributed by atoms with Crippen LogP contribution in [0.4, 0.5) is 17.3 Å². The van der Waals surface area contributed by atoms with Crippen LogP contribution in [0.3, 0.4) is 0 Å². The van der Waals surface area contributed by atoms with Gasteiger partial charge < -0.3 is 0 Å². The molecule has 1 aromatic heterocycles. The van der Waals surface area contributed by atoms with Gasteiger partial charge in [0.1, 0.15) is 0 Å². The van der Waals surface area contributed by atoms with Gasteiger partial charge in [0.2, 0.25) is 0 Å². The minimum atomic E-state index is 0.274. The average molecular weight is 382 g/mol. The monoisotopic (exact) mass is 383 g/mol. The Hall–Kier alpha value is -2.16. The molecule has 24 heavy (non-hydrogen) atoms. The molecule has 2 aliphatic heterocycles. The molecule has 0 N–H and O–H groups in total. The molecule has 0 unspecified atom stereocenters. The quantitative estimate of drug-likeness (QED) is 0.472. The zero-order chi connectivity index (χ0) is 16.1. The van der Waals surface area contributed by atoms with Gasteiger partial charge in [0.05, 0.1) is 0 Å². The van der Waals surface area contributed by atoms with Crippen LogP contribution in [0.2, 0.25) is 0 Å². The molecular formula is C20H17NO2Se. The van der Waals surface area contributed by atoms with Crippen molar-refractivity contribution in [3.63, 3.8) is 0 Å². The zero-order valence-electron chi connectivity index (χ0n) is 13.4. The van der Waals surface area contributed by atoms with Crippen LogP contribution >= 0.6 is 0 Å². The minimum absolute atomic E-state index is 0.274. The number of benzene rings is 2. The molecule has 3 nitrogen and oxygen atoms in total. The summed E-state index contributed by atoms with van der Waals surface area (Å²) in [6.45, 7) is 2.81. The van der Waals surface area contributed by atoms with Crippen LogP contribution < -0.4 is 18.6 Å². The van der Waals surface area contributed by atoms with Crippen molar-refractivity contribution >= 4 is 41.1 Å². The summed E-state index contributed by atoms with van der Waals surface area (Å²) in [5.74, 6) is 2.92. The fourth-order valence-corrected chi connectivity index (χ4v) is 5.74. The number of fused-ring (bicyclic) bond motifs is 3. The summed E-state index contributed by atoms with van der Waals surface area (Å²) in [6, 6.07) is 17.2. The van der Waals surface area contributed by atoms with Crippen molar-refractivity contribution in [2.75, 3.05) is 11.5 Å². The first-order valence-corrected chi connectivity index (χ1v) is 9.95. The molecule has 5 rings (SSSR count). The second kappa shape index (κ2) is 5.44. The van der Waals surface area contributed by atoms with Crippen molar-refractivity contribution in [1.82, 2.24) is 0 Å². The average Bonchev–Trinajstić information content (AvgIpc) is 2.99. The van der Waals surface area contributed by atoms with E-state index in [4.69, 9.17) is 9.15 Å². The molecule has 2 aliphatic rings. The molecule has 0 amide bonds. The van der Waals surface area contributed by atoms with Crippen molar-refractivity contribution in [2.45, 2.75) is 19.8 Å². The van der Waals surface area contributed by atoms with Crippen molar-refractivity contribution in [2.24, 2.45) is 0 Å². The van der Waals surface area contributed by atoms with E-state index < -0.39 is 0 Å². The molecule has 120 valence electrons. The summed E-state index contributed by atoms with van der Waals surface area (Å²) in [5, 5.41) is 0. The van der Waals surface area contributed by atoms with E-state index >= 15 is 0 Å². The summed E-state index contributed by atoms with van der Waals surface area (Å²) >= 11 is 0.274. The molecule has 0 radical (unpaired) electrons. The molecule has 3 aromatic rings. The summed E-state index contributed by atoms with van der Waals surface area (Å²) < 4.78 is 14.9. The van der Waals surface area contributed by atoms with Gasteiger partial charge in [-0.25, -0.2) is 0 Å². The molecule has 0 fully saturated rings. The SMILES string of the molecule is Cc1cc2c(o1)N(c1cccc3c1OCCC3)c1ccccc1[Se]2. The van der Waals surface area contributed by atoms with E-state index in [1.54, 1.807) is 0 Å². The summed E-state index contributed by atoms with van der Waals surface area (Å²) in [4.78, 5) is 2.24. The molecule has 0 atom stereocenters. The molecule has 4 heteroatoms. The Kier molecular flexibility index (Phi) is 3.22. The number of ether oxygens (including phenoxy) is 1. The van der Waals surface area contributed by atoms with Crippen LogP contribution in [0.5, 0.6) is 5.75 Å². The van der Waals surface area contributed by atoms with Gasteiger partial charge in [0, 0.05) is 0 Å². The van der Waals surface area contributed by atoms with Crippen LogP contribution in [-0.2, 0) is 6.42 Å². The molecule has 3 heterocycles. The van der Waals surface area contributed by atoms with Crippen molar-refractivity contribution in [1.29, 1.82) is 0 Å². The van der Waals surface area contributed by atoms with E-state index in [-0.39, 0.29) is 15.0 Å². The first-order chi connectivity index (χ1) is 11.8. The van der Waals surface area contributed by atoms with Crippen LogP contribution in [0.1, 0.15) is 17.7 Å². The van der Waals surface area contributed by atoms with Gasteiger partial charge in [-0.1, -0.05) is 0 Å². The molecule has 0 saturated carbocycles. The molecule has 0 spiro atoms. The number of rotatable bonds is 1. The maximum atomic E-state index is 6.11. The number of hydrogen-bond acceptors (Lipinski definition) is 3. The summed E-state index contributed by atoms with van der Waals surface area (Å²) in [6.07, 6.45) is 2.16. The van der Waals surface area contributed by atoms with E-state index in [2.05, 4.69) is 53.4 Å². The predicted molar refractivity (Wildman–Crippen MR) is 97.0 cm³/mol. The molecule has 2 aromatic carbocycles. The Morgan fingerprint density at radius 1 is 1.00 bits per heavy atom. The number of hydrogen-bond donors (Lipinski definition) is 0. The van der Waals surface area contributed by atoms with Gasteiger partial charge in [0.25, 0.3) is 0 Å². The Morgan fingerprint density at radius 2 is 1.88 bits per heavy atom. The van der Waals surface area contributed by atoms with E-state index in [9.17, 15) is 0 Å². The summed E-state index contributed by atoms with van der Waals surface area (Å²) in [7, 11) is 0. The second-order valence-electron chi connectivity index (χ2n) is 6.15. The number of para-hydroxylation sites is 2. The van der Waals surface area contributed by atoms with E-state index in [0.29, 0.717) is 0 Å². The van der Waals surface area contributed by atoms with Crippen molar-refractivity contribution < 1.29 is 9.15 Å². The van der Waals surface area contributed by atoms with Crippen molar-refractivity contribution in [3.05, 3.63) is 59.9 Å². The van der Waals surface area contributed by atoms with Gasteiger partial charge in [-0.3, -0.25) is 0 Å². The van der Waals surface area contributed by atoms with Gasteiger partial charge in [-0.15, -0.1) is 0 Å². The summed E-state index contributed by atoms with van der Waals surface area (Å²) in [5.41, 5.74) is 3.59. The van der Waals surface area contributed by atoms with Gasteiger partial charge in [-0.2, -0.15) is 0 Å². The Bertz CT molecular complexity index is 931. The van der Waals surface area contributed by atoms with Crippen molar-refractivity contribution in [3.8, 4) is 5.75 Å². The van der Waals surface area contributed by atoms with E-state index in [1.807, 2.05) is 6.92 Å². The number of furan rings is 1. The molecule has 0 bridgehead atoms. The maximum absolute atomic E-state index is 6.11. The third kappa shape index (κ3) is 2.10. The Labute approximate surface area is 147 Å². The normalized spacial score (nSPS) is 15.3. The molecule has 0 saturated heterocycles. The van der Waals surface area contributed by atoms with Crippen LogP contribution in [-0.4, -0.2) is 21.6 Å². The zero-order valence-corrected chi connectivity index (χ0v) is 15.1. The number of anilines is 3. The van der Waals surface area contributed by atoms with Gasteiger partial charge in [-0.05, 0) is 0 Å². The van der Waals surface area contributed by atoms with E-state index in [1.165, 1.54) is 20.2 Å². The second-order valence-corrected chi connectivity index (χ2v) is 8.42. The topological polar surface area (TPSA) is 25.6 Å². The first-order valence-electron chi connectivity index (χ1n) is 8.23.